The molecular weight excluding hydrogens is 252 g/mol. The molecule has 0 unspecified atom stereocenters. The van der Waals surface area contributed by atoms with Crippen LogP contribution in [0.1, 0.15) is 18.9 Å². The van der Waals surface area contributed by atoms with Gasteiger partial charge in [0.2, 0.25) is 11.8 Å². The second-order valence-corrected chi connectivity index (χ2v) is 4.48. The molecule has 0 bridgehead atoms. The SMILES string of the molecule is CCCOc1nc(OCCc2ccccc2)ccc1N. The summed E-state index contributed by atoms with van der Waals surface area (Å²) in [6, 6.07) is 13.7. The lowest BCUT2D eigenvalue weighted by atomic mass is 10.2. The van der Waals surface area contributed by atoms with Gasteiger partial charge in [0, 0.05) is 12.5 Å². The van der Waals surface area contributed by atoms with Crippen molar-refractivity contribution in [1.29, 1.82) is 0 Å². The Morgan fingerprint density at radius 2 is 1.80 bits per heavy atom. The van der Waals surface area contributed by atoms with E-state index < -0.39 is 0 Å². The number of aromatic nitrogens is 1. The average molecular weight is 272 g/mol. The van der Waals surface area contributed by atoms with Crippen molar-refractivity contribution in [2.75, 3.05) is 18.9 Å². The van der Waals surface area contributed by atoms with Gasteiger partial charge in [-0.15, -0.1) is 0 Å². The van der Waals surface area contributed by atoms with Gasteiger partial charge in [0.15, 0.2) is 0 Å². The number of benzene rings is 1. The molecule has 0 aliphatic carbocycles. The number of ether oxygens (including phenoxy) is 2. The third-order valence-electron chi connectivity index (χ3n) is 2.79. The van der Waals surface area contributed by atoms with Gasteiger partial charge in [0.05, 0.1) is 18.9 Å². The molecule has 2 rings (SSSR count). The monoisotopic (exact) mass is 272 g/mol. The summed E-state index contributed by atoms with van der Waals surface area (Å²) in [7, 11) is 0. The first-order valence-corrected chi connectivity index (χ1v) is 6.85. The Kier molecular flexibility index (Phi) is 5.24. The Hall–Kier alpha value is -2.23. The van der Waals surface area contributed by atoms with Crippen LogP contribution in [-0.4, -0.2) is 18.2 Å². The molecule has 4 heteroatoms. The second-order valence-electron chi connectivity index (χ2n) is 4.48. The predicted octanol–water partition coefficient (Wildman–Crippen LogP) is 3.07. The maximum atomic E-state index is 5.81. The van der Waals surface area contributed by atoms with Gasteiger partial charge in [-0.25, -0.2) is 0 Å². The number of nitrogen functional groups attached to an aromatic ring is 1. The van der Waals surface area contributed by atoms with E-state index in [-0.39, 0.29) is 0 Å². The first-order valence-electron chi connectivity index (χ1n) is 6.85. The Morgan fingerprint density at radius 3 is 2.55 bits per heavy atom. The summed E-state index contributed by atoms with van der Waals surface area (Å²) in [6.45, 7) is 3.22. The normalized spacial score (nSPS) is 10.2. The molecule has 0 radical (unpaired) electrons. The zero-order valence-electron chi connectivity index (χ0n) is 11.7. The molecule has 2 N–H and O–H groups in total. The zero-order chi connectivity index (χ0) is 14.2. The van der Waals surface area contributed by atoms with Crippen LogP contribution in [0.3, 0.4) is 0 Å². The van der Waals surface area contributed by atoms with Gasteiger partial charge in [-0.05, 0) is 18.1 Å². The highest BCUT2D eigenvalue weighted by Crippen LogP contribution is 2.22. The number of anilines is 1. The van der Waals surface area contributed by atoms with Crippen molar-refractivity contribution < 1.29 is 9.47 Å². The summed E-state index contributed by atoms with van der Waals surface area (Å²) >= 11 is 0. The fourth-order valence-corrected chi connectivity index (χ4v) is 1.75. The quantitative estimate of drug-likeness (QED) is 0.841. The summed E-state index contributed by atoms with van der Waals surface area (Å²) < 4.78 is 11.1. The fourth-order valence-electron chi connectivity index (χ4n) is 1.75. The molecule has 0 spiro atoms. The van der Waals surface area contributed by atoms with Gasteiger partial charge in [-0.3, -0.25) is 0 Å². The molecule has 1 aromatic heterocycles. The molecule has 0 saturated heterocycles. The molecular formula is C16H20N2O2. The maximum absolute atomic E-state index is 5.81. The highest BCUT2D eigenvalue weighted by atomic mass is 16.5. The summed E-state index contributed by atoms with van der Waals surface area (Å²) in [5.41, 5.74) is 7.58. The van der Waals surface area contributed by atoms with Crippen LogP contribution in [0.2, 0.25) is 0 Å². The molecule has 1 aromatic carbocycles. The van der Waals surface area contributed by atoms with Crippen molar-refractivity contribution in [2.45, 2.75) is 19.8 Å². The standard InChI is InChI=1S/C16H20N2O2/c1-2-11-20-16-14(17)8-9-15(18-16)19-12-10-13-6-4-3-5-7-13/h3-9H,2,10-12,17H2,1H3. The van der Waals surface area contributed by atoms with Crippen molar-refractivity contribution in [3.63, 3.8) is 0 Å². The van der Waals surface area contributed by atoms with E-state index in [0.717, 1.165) is 12.8 Å². The van der Waals surface area contributed by atoms with Gasteiger partial charge in [0.1, 0.15) is 0 Å². The summed E-state index contributed by atoms with van der Waals surface area (Å²) in [5.74, 6) is 0.991. The van der Waals surface area contributed by atoms with Crippen LogP contribution in [-0.2, 0) is 6.42 Å². The molecule has 0 fully saturated rings. The van der Waals surface area contributed by atoms with Gasteiger partial charge < -0.3 is 15.2 Å². The number of pyridine rings is 1. The highest BCUT2D eigenvalue weighted by Gasteiger charge is 2.05. The van der Waals surface area contributed by atoms with E-state index in [4.69, 9.17) is 15.2 Å². The fraction of sp³-hybridized carbons (Fsp3) is 0.312. The van der Waals surface area contributed by atoms with Crippen molar-refractivity contribution in [3.05, 3.63) is 48.0 Å². The van der Waals surface area contributed by atoms with Crippen LogP contribution in [0.15, 0.2) is 42.5 Å². The largest absolute Gasteiger partial charge is 0.477 e. The third kappa shape index (κ3) is 4.16. The molecule has 0 saturated carbocycles. The number of hydrogen-bond acceptors (Lipinski definition) is 4. The lowest BCUT2D eigenvalue weighted by Gasteiger charge is -2.10. The van der Waals surface area contributed by atoms with E-state index in [1.54, 1.807) is 12.1 Å². The molecule has 0 aliphatic heterocycles. The van der Waals surface area contributed by atoms with Crippen molar-refractivity contribution in [1.82, 2.24) is 4.98 Å². The van der Waals surface area contributed by atoms with Crippen molar-refractivity contribution in [2.24, 2.45) is 0 Å². The van der Waals surface area contributed by atoms with Gasteiger partial charge >= 0.3 is 0 Å². The van der Waals surface area contributed by atoms with Gasteiger partial charge in [-0.1, -0.05) is 37.3 Å². The van der Waals surface area contributed by atoms with Crippen LogP contribution < -0.4 is 15.2 Å². The number of nitrogens with zero attached hydrogens (tertiary/aromatic N) is 1. The lowest BCUT2D eigenvalue weighted by molar-refractivity contribution is 0.282. The Balaban J connectivity index is 1.89. The number of hydrogen-bond donors (Lipinski definition) is 1. The lowest BCUT2D eigenvalue weighted by Crippen LogP contribution is -2.05. The van der Waals surface area contributed by atoms with E-state index in [1.165, 1.54) is 5.56 Å². The topological polar surface area (TPSA) is 57.4 Å². The molecule has 1 heterocycles. The molecule has 20 heavy (non-hydrogen) atoms. The van der Waals surface area contributed by atoms with Crippen LogP contribution in [0.4, 0.5) is 5.69 Å². The average Bonchev–Trinajstić information content (AvgIpc) is 2.49. The molecule has 0 atom stereocenters. The van der Waals surface area contributed by atoms with Crippen LogP contribution in [0, 0.1) is 0 Å². The van der Waals surface area contributed by atoms with Gasteiger partial charge in [-0.2, -0.15) is 4.98 Å². The van der Waals surface area contributed by atoms with Crippen LogP contribution >= 0.6 is 0 Å². The predicted molar refractivity (Wildman–Crippen MR) is 80.1 cm³/mol. The maximum Gasteiger partial charge on any atom is 0.240 e. The molecule has 106 valence electrons. The van der Waals surface area contributed by atoms with E-state index in [2.05, 4.69) is 17.1 Å². The molecule has 2 aromatic rings. The Labute approximate surface area is 119 Å². The highest BCUT2D eigenvalue weighted by molar-refractivity contribution is 5.49. The van der Waals surface area contributed by atoms with Gasteiger partial charge in [0.25, 0.3) is 0 Å². The zero-order valence-corrected chi connectivity index (χ0v) is 11.7. The molecule has 0 amide bonds. The minimum Gasteiger partial charge on any atom is -0.477 e. The first-order chi connectivity index (χ1) is 9.79. The molecule has 4 nitrogen and oxygen atoms in total. The third-order valence-corrected chi connectivity index (χ3v) is 2.79. The van der Waals surface area contributed by atoms with Crippen LogP contribution in [0.25, 0.3) is 0 Å². The molecule has 0 aliphatic rings. The minimum atomic E-state index is 0.448. The van der Waals surface area contributed by atoms with E-state index >= 15 is 0 Å². The number of nitrogens with two attached hydrogens (primary N) is 1. The first kappa shape index (κ1) is 14.2. The summed E-state index contributed by atoms with van der Waals surface area (Å²) in [5, 5.41) is 0. The van der Waals surface area contributed by atoms with E-state index in [0.29, 0.717) is 30.7 Å². The minimum absolute atomic E-state index is 0.448. The smallest absolute Gasteiger partial charge is 0.240 e. The summed E-state index contributed by atoms with van der Waals surface area (Å²) in [4.78, 5) is 4.27. The van der Waals surface area contributed by atoms with E-state index in [9.17, 15) is 0 Å². The Bertz CT molecular complexity index is 529. The summed E-state index contributed by atoms with van der Waals surface area (Å²) in [6.07, 6.45) is 1.76. The number of rotatable bonds is 7. The van der Waals surface area contributed by atoms with Crippen molar-refractivity contribution in [3.8, 4) is 11.8 Å². The second kappa shape index (κ2) is 7.38. The Morgan fingerprint density at radius 1 is 1.00 bits per heavy atom. The van der Waals surface area contributed by atoms with E-state index in [1.807, 2.05) is 25.1 Å². The van der Waals surface area contributed by atoms with Crippen molar-refractivity contribution >= 4 is 5.69 Å². The van der Waals surface area contributed by atoms with Crippen LogP contribution in [0.5, 0.6) is 11.8 Å².